The number of hydrogen-bond acceptors (Lipinski definition) is 7. The molecule has 32 heavy (non-hydrogen) atoms. The summed E-state index contributed by atoms with van der Waals surface area (Å²) in [6.07, 6.45) is -1.80. The molecule has 0 radical (unpaired) electrons. The van der Waals surface area contributed by atoms with Gasteiger partial charge in [0.25, 0.3) is 5.88 Å². The van der Waals surface area contributed by atoms with E-state index in [2.05, 4.69) is 15.0 Å². The molecule has 0 aromatic carbocycles. The zero-order chi connectivity index (χ0) is 23.5. The van der Waals surface area contributed by atoms with Crippen LogP contribution in [0.25, 0.3) is 0 Å². The fraction of sp³-hybridized carbons (Fsp3) is 0.550. The van der Waals surface area contributed by atoms with Crippen molar-refractivity contribution in [3.05, 3.63) is 41.2 Å². The van der Waals surface area contributed by atoms with Gasteiger partial charge in [-0.1, -0.05) is 5.16 Å². The number of carbonyl (C=O) groups is 1. The summed E-state index contributed by atoms with van der Waals surface area (Å²) in [7, 11) is 0. The van der Waals surface area contributed by atoms with Gasteiger partial charge in [-0.15, -0.1) is 0 Å². The predicted octanol–water partition coefficient (Wildman–Crippen LogP) is 3.27. The van der Waals surface area contributed by atoms with Crippen molar-refractivity contribution in [2.24, 2.45) is 0 Å². The standard InChI is InChI=1S/C18H22FN3O3.C2HF3O2/c1-11-13(12(2)25-21-11)9-22-10-16(17-15(22)6-4-8-23-17)24-18-14(19)5-3-7-20-18;3-2(4,5)1(6)7/h3,5,7,15-17H,4,6,8-10H2,1-2H3;(H,6,7)/t15-,16-,17+;/m1./s1. The average Bonchev–Trinajstić information content (AvgIpc) is 3.24. The van der Waals surface area contributed by atoms with E-state index in [0.29, 0.717) is 13.2 Å². The minimum absolute atomic E-state index is 0.0413. The Morgan fingerprint density at radius 2 is 2.09 bits per heavy atom. The number of hydrogen-bond donors (Lipinski definition) is 1. The molecule has 0 spiro atoms. The zero-order valence-corrected chi connectivity index (χ0v) is 17.4. The molecule has 3 atom stereocenters. The predicted molar refractivity (Wildman–Crippen MR) is 101 cm³/mol. The average molecular weight is 461 g/mol. The topological polar surface area (TPSA) is 97.9 Å². The molecule has 0 bridgehead atoms. The smallest absolute Gasteiger partial charge is 0.475 e. The first-order chi connectivity index (χ1) is 15.1. The van der Waals surface area contributed by atoms with E-state index in [1.165, 1.54) is 12.3 Å². The van der Waals surface area contributed by atoms with E-state index < -0.39 is 18.0 Å². The second-order valence-electron chi connectivity index (χ2n) is 7.53. The SMILES string of the molecule is Cc1noc(C)c1CN1C[C@@H](Oc2ncccc2F)[C@H]2OCCC[C@H]21.O=C(O)C(F)(F)F. The number of alkyl halides is 3. The molecule has 2 fully saturated rings. The summed E-state index contributed by atoms with van der Waals surface area (Å²) >= 11 is 0. The molecule has 1 N–H and O–H groups in total. The van der Waals surface area contributed by atoms with E-state index in [9.17, 15) is 17.6 Å². The van der Waals surface area contributed by atoms with Crippen molar-refractivity contribution in [3.8, 4) is 5.88 Å². The number of aromatic nitrogens is 2. The highest BCUT2D eigenvalue weighted by atomic mass is 19.4. The number of carboxylic acid groups (broad SMARTS) is 1. The minimum Gasteiger partial charge on any atom is -0.475 e. The van der Waals surface area contributed by atoms with Crippen LogP contribution in [0.5, 0.6) is 5.88 Å². The Bertz CT molecular complexity index is 917. The summed E-state index contributed by atoms with van der Waals surface area (Å²) in [5.74, 6) is -2.32. The van der Waals surface area contributed by atoms with Gasteiger partial charge >= 0.3 is 12.1 Å². The van der Waals surface area contributed by atoms with E-state index in [1.807, 2.05) is 13.8 Å². The Morgan fingerprint density at radius 1 is 1.38 bits per heavy atom. The summed E-state index contributed by atoms with van der Waals surface area (Å²) < 4.78 is 62.8. The van der Waals surface area contributed by atoms with Crippen LogP contribution in [-0.2, 0) is 16.1 Å². The zero-order valence-electron chi connectivity index (χ0n) is 17.4. The molecule has 8 nitrogen and oxygen atoms in total. The molecule has 0 unspecified atom stereocenters. The van der Waals surface area contributed by atoms with Crippen LogP contribution in [0.15, 0.2) is 22.9 Å². The molecule has 2 aliphatic heterocycles. The summed E-state index contributed by atoms with van der Waals surface area (Å²) in [4.78, 5) is 15.2. The lowest BCUT2D eigenvalue weighted by Gasteiger charge is -2.32. The van der Waals surface area contributed by atoms with Crippen molar-refractivity contribution in [1.82, 2.24) is 15.0 Å². The lowest BCUT2D eigenvalue weighted by molar-refractivity contribution is -0.192. The molecule has 12 heteroatoms. The fourth-order valence-corrected chi connectivity index (χ4v) is 3.82. The van der Waals surface area contributed by atoms with Crippen molar-refractivity contribution in [3.63, 3.8) is 0 Å². The van der Waals surface area contributed by atoms with Gasteiger partial charge in [0.05, 0.1) is 5.69 Å². The molecule has 0 saturated carbocycles. The number of carboxylic acids is 1. The van der Waals surface area contributed by atoms with Gasteiger partial charge in [-0.3, -0.25) is 4.90 Å². The third kappa shape index (κ3) is 5.54. The van der Waals surface area contributed by atoms with Gasteiger partial charge in [0.15, 0.2) is 5.82 Å². The van der Waals surface area contributed by atoms with Crippen LogP contribution in [0, 0.1) is 19.7 Å². The van der Waals surface area contributed by atoms with E-state index in [0.717, 1.165) is 36.4 Å². The van der Waals surface area contributed by atoms with Gasteiger partial charge in [0, 0.05) is 37.5 Å². The van der Waals surface area contributed by atoms with Gasteiger partial charge in [-0.05, 0) is 38.8 Å². The van der Waals surface area contributed by atoms with Gasteiger partial charge in [0.2, 0.25) is 0 Å². The third-order valence-corrected chi connectivity index (χ3v) is 5.36. The molecule has 2 saturated heterocycles. The van der Waals surface area contributed by atoms with Crippen molar-refractivity contribution in [2.75, 3.05) is 13.2 Å². The number of nitrogens with zero attached hydrogens (tertiary/aromatic N) is 3. The van der Waals surface area contributed by atoms with Crippen LogP contribution in [-0.4, -0.2) is 63.7 Å². The first-order valence-corrected chi connectivity index (χ1v) is 9.92. The Morgan fingerprint density at radius 3 is 2.69 bits per heavy atom. The van der Waals surface area contributed by atoms with Gasteiger partial charge in [-0.25, -0.2) is 14.2 Å². The fourth-order valence-electron chi connectivity index (χ4n) is 3.82. The van der Waals surface area contributed by atoms with E-state index >= 15 is 0 Å². The van der Waals surface area contributed by atoms with E-state index in [-0.39, 0.29) is 24.1 Å². The van der Waals surface area contributed by atoms with Crippen LogP contribution in [0.2, 0.25) is 0 Å². The van der Waals surface area contributed by atoms with Crippen molar-refractivity contribution < 1.29 is 41.5 Å². The van der Waals surface area contributed by atoms with Crippen LogP contribution < -0.4 is 4.74 Å². The van der Waals surface area contributed by atoms with Crippen LogP contribution in [0.1, 0.15) is 29.9 Å². The van der Waals surface area contributed by atoms with E-state index in [4.69, 9.17) is 23.9 Å². The largest absolute Gasteiger partial charge is 0.490 e. The molecule has 0 amide bonds. The normalized spacial score (nSPS) is 23.2. The summed E-state index contributed by atoms with van der Waals surface area (Å²) in [6.45, 7) is 5.99. The first kappa shape index (κ1) is 23.9. The third-order valence-electron chi connectivity index (χ3n) is 5.36. The molecular formula is C20H23F4N3O5. The second kappa shape index (κ2) is 9.82. The molecule has 176 valence electrons. The number of halogens is 4. The van der Waals surface area contributed by atoms with Gasteiger partial charge in [-0.2, -0.15) is 13.2 Å². The van der Waals surface area contributed by atoms with Gasteiger partial charge in [0.1, 0.15) is 18.0 Å². The van der Waals surface area contributed by atoms with Crippen LogP contribution >= 0.6 is 0 Å². The number of likely N-dealkylation sites (tertiary alicyclic amines) is 1. The summed E-state index contributed by atoms with van der Waals surface area (Å²) in [6, 6.07) is 3.16. The summed E-state index contributed by atoms with van der Waals surface area (Å²) in [5.41, 5.74) is 2.01. The first-order valence-electron chi connectivity index (χ1n) is 9.92. The highest BCUT2D eigenvalue weighted by molar-refractivity contribution is 5.73. The molecular weight excluding hydrogens is 438 g/mol. The summed E-state index contributed by atoms with van der Waals surface area (Å²) in [5, 5.41) is 11.2. The lowest BCUT2D eigenvalue weighted by atomic mass is 10.0. The van der Waals surface area contributed by atoms with Crippen LogP contribution in [0.3, 0.4) is 0 Å². The quantitative estimate of drug-likeness (QED) is 0.693. The molecule has 4 rings (SSSR count). The lowest BCUT2D eigenvalue weighted by Crippen LogP contribution is -2.42. The highest BCUT2D eigenvalue weighted by Gasteiger charge is 2.46. The number of aryl methyl sites for hydroxylation is 2. The highest BCUT2D eigenvalue weighted by Crippen LogP contribution is 2.33. The number of rotatable bonds is 4. The Kier molecular flexibility index (Phi) is 7.34. The van der Waals surface area contributed by atoms with Crippen LogP contribution in [0.4, 0.5) is 17.6 Å². The monoisotopic (exact) mass is 461 g/mol. The Hall–Kier alpha value is -2.73. The second-order valence-corrected chi connectivity index (χ2v) is 7.53. The minimum atomic E-state index is -5.08. The number of fused-ring (bicyclic) bond motifs is 1. The molecule has 2 aromatic rings. The molecule has 2 aliphatic rings. The number of pyridine rings is 1. The Balaban J connectivity index is 0.000000360. The molecule has 2 aromatic heterocycles. The van der Waals surface area contributed by atoms with E-state index in [1.54, 1.807) is 6.07 Å². The van der Waals surface area contributed by atoms with Crippen molar-refractivity contribution >= 4 is 5.97 Å². The Labute approximate surface area is 181 Å². The number of aliphatic carboxylic acids is 1. The maximum atomic E-state index is 13.9. The van der Waals surface area contributed by atoms with Crippen molar-refractivity contribution in [1.29, 1.82) is 0 Å². The number of ether oxygens (including phenoxy) is 2. The van der Waals surface area contributed by atoms with Crippen molar-refractivity contribution in [2.45, 2.75) is 57.7 Å². The maximum absolute atomic E-state index is 13.9. The molecule has 4 heterocycles. The van der Waals surface area contributed by atoms with Gasteiger partial charge < -0.3 is 19.1 Å². The molecule has 0 aliphatic carbocycles. The maximum Gasteiger partial charge on any atom is 0.490 e.